The van der Waals surface area contributed by atoms with Crippen molar-refractivity contribution in [1.82, 2.24) is 0 Å². The van der Waals surface area contributed by atoms with E-state index in [1.807, 2.05) is 24.3 Å². The predicted molar refractivity (Wildman–Crippen MR) is 126 cm³/mol. The largest absolute Gasteiger partial charge is 0.496 e. The van der Waals surface area contributed by atoms with E-state index in [4.69, 9.17) is 23.7 Å². The number of allylic oxidation sites excluding steroid dienone is 1. The SMILES string of the molecule is C=Cc1ccc(COc2ccc3c(c2)O/C(=C\c2cc(OC)c(OC)cc2OC)C3=O)cc1. The molecule has 3 aromatic carbocycles. The summed E-state index contributed by atoms with van der Waals surface area (Å²) in [7, 11) is 4.64. The van der Waals surface area contributed by atoms with Gasteiger partial charge in [-0.25, -0.2) is 0 Å². The summed E-state index contributed by atoms with van der Waals surface area (Å²) in [6.07, 6.45) is 3.42. The van der Waals surface area contributed by atoms with Crippen LogP contribution in [0, 0.1) is 0 Å². The minimum atomic E-state index is -0.214. The molecule has 0 N–H and O–H groups in total. The van der Waals surface area contributed by atoms with Crippen LogP contribution in [0.25, 0.3) is 12.2 Å². The summed E-state index contributed by atoms with van der Waals surface area (Å²) >= 11 is 0. The summed E-state index contributed by atoms with van der Waals surface area (Å²) in [5.41, 5.74) is 3.18. The van der Waals surface area contributed by atoms with E-state index in [-0.39, 0.29) is 11.5 Å². The van der Waals surface area contributed by atoms with Gasteiger partial charge >= 0.3 is 0 Å². The molecule has 0 aliphatic carbocycles. The molecule has 4 rings (SSSR count). The van der Waals surface area contributed by atoms with E-state index in [0.29, 0.717) is 46.5 Å². The van der Waals surface area contributed by atoms with E-state index in [1.54, 1.807) is 63.8 Å². The van der Waals surface area contributed by atoms with Crippen molar-refractivity contribution in [2.45, 2.75) is 6.61 Å². The lowest BCUT2D eigenvalue weighted by Gasteiger charge is -2.12. The fourth-order valence-corrected chi connectivity index (χ4v) is 3.48. The van der Waals surface area contributed by atoms with Crippen LogP contribution in [0.15, 0.2) is 66.9 Å². The third kappa shape index (κ3) is 4.55. The van der Waals surface area contributed by atoms with E-state index in [1.165, 1.54) is 0 Å². The third-order valence-electron chi connectivity index (χ3n) is 5.28. The first-order chi connectivity index (χ1) is 16.1. The number of rotatable bonds is 8. The number of fused-ring (bicyclic) bond motifs is 1. The Balaban J connectivity index is 1.55. The lowest BCUT2D eigenvalue weighted by atomic mass is 10.1. The Hall–Kier alpha value is -4.19. The van der Waals surface area contributed by atoms with Gasteiger partial charge in [0, 0.05) is 17.7 Å². The van der Waals surface area contributed by atoms with Crippen molar-refractivity contribution in [3.8, 4) is 28.7 Å². The molecule has 0 saturated heterocycles. The lowest BCUT2D eigenvalue weighted by Crippen LogP contribution is -2.00. The lowest BCUT2D eigenvalue weighted by molar-refractivity contribution is 0.101. The van der Waals surface area contributed by atoms with Crippen molar-refractivity contribution >= 4 is 17.9 Å². The van der Waals surface area contributed by atoms with Crippen LogP contribution in [-0.4, -0.2) is 27.1 Å². The van der Waals surface area contributed by atoms with Crippen LogP contribution in [-0.2, 0) is 6.61 Å². The molecule has 0 spiro atoms. The summed E-state index contributed by atoms with van der Waals surface area (Å²) in [6, 6.07) is 16.6. The average Bonchev–Trinajstić information content (AvgIpc) is 3.16. The number of Topliss-reactive ketones (excluding diaryl/α,β-unsaturated/α-hetero) is 1. The number of methoxy groups -OCH3 is 3. The van der Waals surface area contributed by atoms with Gasteiger partial charge in [-0.2, -0.15) is 0 Å². The standard InChI is InChI=1S/C27H24O6/c1-5-17-6-8-18(9-7-17)16-32-20-10-11-21-23(14-20)33-26(27(21)28)13-19-12-24(30-3)25(31-4)15-22(19)29-2/h5-15H,1,16H2,2-4H3/b26-13-. The first-order valence-corrected chi connectivity index (χ1v) is 10.3. The second-order valence-electron chi connectivity index (χ2n) is 7.28. The molecule has 6 heteroatoms. The number of benzene rings is 3. The third-order valence-corrected chi connectivity index (χ3v) is 5.28. The summed E-state index contributed by atoms with van der Waals surface area (Å²) in [6.45, 7) is 4.15. The summed E-state index contributed by atoms with van der Waals surface area (Å²) in [4.78, 5) is 12.9. The number of ether oxygens (including phenoxy) is 5. The van der Waals surface area contributed by atoms with Crippen molar-refractivity contribution < 1.29 is 28.5 Å². The van der Waals surface area contributed by atoms with Crippen LogP contribution >= 0.6 is 0 Å². The van der Waals surface area contributed by atoms with Crippen LogP contribution in [0.5, 0.6) is 28.7 Å². The van der Waals surface area contributed by atoms with Crippen LogP contribution in [0.1, 0.15) is 27.0 Å². The molecule has 0 fully saturated rings. The molecule has 0 radical (unpaired) electrons. The summed E-state index contributed by atoms with van der Waals surface area (Å²) in [5.74, 6) is 2.61. The van der Waals surface area contributed by atoms with Crippen LogP contribution < -0.4 is 23.7 Å². The monoisotopic (exact) mass is 444 g/mol. The number of ketones is 1. The van der Waals surface area contributed by atoms with Crippen LogP contribution in [0.3, 0.4) is 0 Å². The Kier molecular flexibility index (Phi) is 6.36. The maximum absolute atomic E-state index is 12.9. The van der Waals surface area contributed by atoms with E-state index >= 15 is 0 Å². The predicted octanol–water partition coefficient (Wildman–Crippen LogP) is 5.55. The minimum Gasteiger partial charge on any atom is -0.496 e. The van der Waals surface area contributed by atoms with Crippen molar-refractivity contribution in [3.05, 3.63) is 89.2 Å². The molecule has 168 valence electrons. The Bertz CT molecular complexity index is 1220. The van der Waals surface area contributed by atoms with E-state index < -0.39 is 0 Å². The highest BCUT2D eigenvalue weighted by molar-refractivity contribution is 6.14. The highest BCUT2D eigenvalue weighted by Gasteiger charge is 2.28. The fourth-order valence-electron chi connectivity index (χ4n) is 3.48. The van der Waals surface area contributed by atoms with E-state index in [9.17, 15) is 4.79 Å². The molecule has 1 aliphatic heterocycles. The Morgan fingerprint density at radius 2 is 1.58 bits per heavy atom. The quantitative estimate of drug-likeness (QED) is 0.425. The summed E-state index contributed by atoms with van der Waals surface area (Å²) < 4.78 is 27.9. The van der Waals surface area contributed by atoms with Gasteiger partial charge in [-0.15, -0.1) is 0 Å². The smallest absolute Gasteiger partial charge is 0.231 e. The van der Waals surface area contributed by atoms with E-state index in [2.05, 4.69) is 6.58 Å². The average molecular weight is 444 g/mol. The highest BCUT2D eigenvalue weighted by Crippen LogP contribution is 2.39. The minimum absolute atomic E-state index is 0.188. The van der Waals surface area contributed by atoms with Gasteiger partial charge in [0.1, 0.15) is 23.9 Å². The highest BCUT2D eigenvalue weighted by atomic mass is 16.5. The second kappa shape index (κ2) is 9.53. The van der Waals surface area contributed by atoms with Gasteiger partial charge < -0.3 is 23.7 Å². The van der Waals surface area contributed by atoms with Crippen molar-refractivity contribution in [3.63, 3.8) is 0 Å². The van der Waals surface area contributed by atoms with Crippen molar-refractivity contribution in [1.29, 1.82) is 0 Å². The molecule has 0 aromatic heterocycles. The molecule has 0 amide bonds. The number of carbonyl (C=O) groups excluding carboxylic acids is 1. The van der Waals surface area contributed by atoms with Crippen molar-refractivity contribution in [2.24, 2.45) is 0 Å². The van der Waals surface area contributed by atoms with Gasteiger partial charge in [-0.1, -0.05) is 36.9 Å². The molecule has 0 atom stereocenters. The normalized spacial score (nSPS) is 13.3. The van der Waals surface area contributed by atoms with E-state index in [0.717, 1.165) is 11.1 Å². The first kappa shape index (κ1) is 22.0. The van der Waals surface area contributed by atoms with Gasteiger partial charge in [0.05, 0.1) is 26.9 Å². The molecular formula is C27H24O6. The Morgan fingerprint density at radius 1 is 0.879 bits per heavy atom. The Morgan fingerprint density at radius 3 is 2.24 bits per heavy atom. The van der Waals surface area contributed by atoms with Crippen molar-refractivity contribution in [2.75, 3.05) is 21.3 Å². The van der Waals surface area contributed by atoms with Gasteiger partial charge in [-0.3, -0.25) is 4.79 Å². The van der Waals surface area contributed by atoms with Gasteiger partial charge in [-0.05, 0) is 35.4 Å². The molecule has 1 heterocycles. The topological polar surface area (TPSA) is 63.2 Å². The first-order valence-electron chi connectivity index (χ1n) is 10.3. The fraction of sp³-hybridized carbons (Fsp3) is 0.148. The zero-order valence-corrected chi connectivity index (χ0v) is 18.7. The Labute approximate surface area is 192 Å². The molecule has 0 saturated carbocycles. The molecule has 1 aliphatic rings. The zero-order valence-electron chi connectivity index (χ0n) is 18.7. The molecule has 3 aromatic rings. The maximum atomic E-state index is 12.9. The summed E-state index contributed by atoms with van der Waals surface area (Å²) in [5, 5.41) is 0. The number of hydrogen-bond donors (Lipinski definition) is 0. The number of hydrogen-bond acceptors (Lipinski definition) is 6. The number of carbonyl (C=O) groups is 1. The molecule has 0 bridgehead atoms. The maximum Gasteiger partial charge on any atom is 0.231 e. The molecule has 6 nitrogen and oxygen atoms in total. The van der Waals surface area contributed by atoms with Gasteiger partial charge in [0.25, 0.3) is 0 Å². The van der Waals surface area contributed by atoms with Gasteiger partial charge in [0.2, 0.25) is 5.78 Å². The molecule has 0 unspecified atom stereocenters. The molecular weight excluding hydrogens is 420 g/mol. The van der Waals surface area contributed by atoms with Crippen LogP contribution in [0.4, 0.5) is 0 Å². The second-order valence-corrected chi connectivity index (χ2v) is 7.28. The van der Waals surface area contributed by atoms with Crippen LogP contribution in [0.2, 0.25) is 0 Å². The molecule has 33 heavy (non-hydrogen) atoms. The zero-order chi connectivity index (χ0) is 23.4. The van der Waals surface area contributed by atoms with Gasteiger partial charge in [0.15, 0.2) is 17.3 Å².